The number of para-hydroxylation sites is 1. The summed E-state index contributed by atoms with van der Waals surface area (Å²) in [6, 6.07) is 17.8. The summed E-state index contributed by atoms with van der Waals surface area (Å²) < 4.78 is 48.6. The maximum atomic E-state index is 13.9. The van der Waals surface area contributed by atoms with Gasteiger partial charge in [0.05, 0.1) is 24.2 Å². The van der Waals surface area contributed by atoms with Crippen molar-refractivity contribution in [1.82, 2.24) is 14.7 Å². The van der Waals surface area contributed by atoms with Gasteiger partial charge < -0.3 is 10.2 Å². The number of anilines is 1. The van der Waals surface area contributed by atoms with Crippen LogP contribution >= 0.6 is 0 Å². The molecule has 0 saturated heterocycles. The highest BCUT2D eigenvalue weighted by atomic mass is 32.2. The van der Waals surface area contributed by atoms with Gasteiger partial charge in [0.2, 0.25) is 10.0 Å². The summed E-state index contributed by atoms with van der Waals surface area (Å²) in [7, 11) is -1.99. The number of ether oxygens (including phenoxy) is 1. The van der Waals surface area contributed by atoms with Crippen LogP contribution in [-0.2, 0) is 22.2 Å². The Morgan fingerprint density at radius 3 is 2.69 bits per heavy atom. The van der Waals surface area contributed by atoms with Crippen LogP contribution < -0.4 is 15.2 Å². The minimum atomic E-state index is -3.63. The van der Waals surface area contributed by atoms with Gasteiger partial charge in [-0.25, -0.2) is 17.1 Å². The third kappa shape index (κ3) is 5.58. The van der Waals surface area contributed by atoms with Gasteiger partial charge in [-0.3, -0.25) is 9.99 Å². The molecule has 2 aliphatic carbocycles. The van der Waals surface area contributed by atoms with E-state index in [2.05, 4.69) is 23.4 Å². The molecule has 0 radical (unpaired) electrons. The first-order valence-corrected chi connectivity index (χ1v) is 15.9. The third-order valence-corrected chi connectivity index (χ3v) is 10.3. The number of methoxy groups -OCH3 is 1. The number of aromatic nitrogens is 1. The van der Waals surface area contributed by atoms with E-state index in [1.54, 1.807) is 48.1 Å². The van der Waals surface area contributed by atoms with Crippen molar-refractivity contribution in [3.63, 3.8) is 0 Å². The van der Waals surface area contributed by atoms with E-state index in [1.165, 1.54) is 23.3 Å². The maximum Gasteiger partial charge on any atom is 0.218 e. The van der Waals surface area contributed by atoms with E-state index >= 15 is 0 Å². The third-order valence-electron chi connectivity index (χ3n) is 8.50. The SMILES string of the molecule is COc1ccccc1CCN(C[C@H]1CCC2=C1[C@@H](C)C1=CNN(c3ccc(F)cc3)C1=C2)S(=O)(=O)Cc1cccnc1. The number of allylic oxidation sites excluding steroid dienone is 3. The fourth-order valence-corrected chi connectivity index (χ4v) is 7.99. The van der Waals surface area contributed by atoms with Crippen LogP contribution in [0.1, 0.15) is 30.9 Å². The molecular weight excluding hydrogens is 551 g/mol. The molecule has 2 aromatic carbocycles. The molecule has 2 heterocycles. The van der Waals surface area contributed by atoms with Crippen LogP contribution in [0, 0.1) is 17.7 Å². The number of hydrazine groups is 1. The van der Waals surface area contributed by atoms with Gasteiger partial charge in [-0.2, -0.15) is 0 Å². The van der Waals surface area contributed by atoms with E-state index in [4.69, 9.17) is 4.74 Å². The zero-order valence-electron chi connectivity index (χ0n) is 23.8. The van der Waals surface area contributed by atoms with Gasteiger partial charge in [-0.15, -0.1) is 0 Å². The van der Waals surface area contributed by atoms with E-state index < -0.39 is 10.0 Å². The molecule has 3 aromatic rings. The standard InChI is InChI=1S/C33H35FN4O3S/c1-23-30-20-36-38(29-13-11-28(34)12-14-29)31(30)18-26-9-10-27(33(23)26)21-37(17-15-25-7-3-4-8-32(25)41-2)42(39,40)22-24-6-5-16-35-19-24/h3-8,11-14,16,18-20,23,27,36H,9-10,15,17,21-22H2,1-2H3/t23-,27+/m0/s1. The van der Waals surface area contributed by atoms with Crippen LogP contribution in [0.4, 0.5) is 10.1 Å². The second kappa shape index (κ2) is 11.7. The average molecular weight is 587 g/mol. The summed E-state index contributed by atoms with van der Waals surface area (Å²) in [5, 5.41) is 1.99. The molecule has 7 nitrogen and oxygen atoms in total. The summed E-state index contributed by atoms with van der Waals surface area (Å²) in [4.78, 5) is 4.13. The lowest BCUT2D eigenvalue weighted by Crippen LogP contribution is -2.38. The average Bonchev–Trinajstić information content (AvgIpc) is 3.61. The van der Waals surface area contributed by atoms with E-state index in [0.29, 0.717) is 25.1 Å². The van der Waals surface area contributed by atoms with E-state index in [1.807, 2.05) is 35.5 Å². The van der Waals surface area contributed by atoms with Crippen LogP contribution in [0.15, 0.2) is 108 Å². The van der Waals surface area contributed by atoms with Gasteiger partial charge in [0.25, 0.3) is 0 Å². The summed E-state index contributed by atoms with van der Waals surface area (Å²) in [5.41, 5.74) is 10.7. The minimum absolute atomic E-state index is 0.0906. The van der Waals surface area contributed by atoms with E-state index in [9.17, 15) is 12.8 Å². The topological polar surface area (TPSA) is 74.8 Å². The summed E-state index contributed by atoms with van der Waals surface area (Å²) >= 11 is 0. The largest absolute Gasteiger partial charge is 0.496 e. The molecular formula is C33H35FN4O3S. The number of hydrogen-bond donors (Lipinski definition) is 1. The molecule has 3 aliphatic rings. The molecule has 0 unspecified atom stereocenters. The molecule has 6 rings (SSSR count). The van der Waals surface area contributed by atoms with Crippen molar-refractivity contribution in [3.05, 3.63) is 125 Å². The van der Waals surface area contributed by atoms with Crippen LogP contribution in [0.25, 0.3) is 0 Å². The number of hydrogen-bond acceptors (Lipinski definition) is 6. The van der Waals surface area contributed by atoms with Crippen LogP contribution in [0.2, 0.25) is 0 Å². The molecule has 42 heavy (non-hydrogen) atoms. The van der Waals surface area contributed by atoms with Crippen LogP contribution in [0.5, 0.6) is 5.75 Å². The number of pyridine rings is 1. The predicted molar refractivity (Wildman–Crippen MR) is 162 cm³/mol. The highest BCUT2D eigenvalue weighted by Gasteiger charge is 2.39. The monoisotopic (exact) mass is 586 g/mol. The van der Waals surface area contributed by atoms with Crippen molar-refractivity contribution < 1.29 is 17.5 Å². The lowest BCUT2D eigenvalue weighted by molar-refractivity contribution is 0.354. The maximum absolute atomic E-state index is 13.9. The zero-order valence-corrected chi connectivity index (χ0v) is 24.6. The van der Waals surface area contributed by atoms with Crippen LogP contribution in [-0.4, -0.2) is 37.9 Å². The first-order valence-electron chi connectivity index (χ1n) is 14.3. The number of halogens is 1. The fourth-order valence-electron chi connectivity index (χ4n) is 6.44. The molecule has 0 amide bonds. The van der Waals surface area contributed by atoms with Crippen molar-refractivity contribution in [2.45, 2.75) is 31.9 Å². The molecule has 0 spiro atoms. The number of nitrogens with one attached hydrogen (secondary N) is 1. The molecule has 218 valence electrons. The molecule has 1 aromatic heterocycles. The molecule has 1 aliphatic heterocycles. The van der Waals surface area contributed by atoms with Crippen molar-refractivity contribution >= 4 is 15.7 Å². The molecule has 0 bridgehead atoms. The Hall–Kier alpha value is -3.95. The highest BCUT2D eigenvalue weighted by molar-refractivity contribution is 7.88. The Balaban J connectivity index is 1.27. The summed E-state index contributed by atoms with van der Waals surface area (Å²) in [6.07, 6.45) is 9.83. The predicted octanol–water partition coefficient (Wildman–Crippen LogP) is 5.75. The lowest BCUT2D eigenvalue weighted by Gasteiger charge is -2.32. The second-order valence-electron chi connectivity index (χ2n) is 11.0. The fraction of sp³-hybridized carbons (Fsp3) is 0.303. The quantitative estimate of drug-likeness (QED) is 0.326. The second-order valence-corrected chi connectivity index (χ2v) is 13.0. The van der Waals surface area contributed by atoms with Gasteiger partial charge in [0, 0.05) is 43.2 Å². The number of nitrogens with zero attached hydrogens (tertiary/aromatic N) is 3. The Kier molecular flexibility index (Phi) is 7.88. The summed E-state index contributed by atoms with van der Waals surface area (Å²) in [6.45, 7) is 2.98. The Labute approximate surface area is 247 Å². The van der Waals surface area contributed by atoms with E-state index in [0.717, 1.165) is 41.1 Å². The van der Waals surface area contributed by atoms with Crippen molar-refractivity contribution in [3.8, 4) is 5.75 Å². The van der Waals surface area contributed by atoms with Gasteiger partial charge >= 0.3 is 0 Å². The Morgan fingerprint density at radius 2 is 1.93 bits per heavy atom. The Bertz CT molecular complexity index is 1650. The number of sulfonamides is 1. The normalized spacial score (nSPS) is 19.8. The number of rotatable bonds is 10. The number of benzene rings is 2. The first-order chi connectivity index (χ1) is 20.3. The lowest BCUT2D eigenvalue weighted by atomic mass is 9.80. The smallest absolute Gasteiger partial charge is 0.218 e. The molecule has 1 N–H and O–H groups in total. The summed E-state index contributed by atoms with van der Waals surface area (Å²) in [5.74, 6) is 0.636. The highest BCUT2D eigenvalue weighted by Crippen LogP contribution is 2.48. The molecule has 0 fully saturated rings. The van der Waals surface area contributed by atoms with Crippen molar-refractivity contribution in [2.75, 3.05) is 25.2 Å². The molecule has 0 saturated carbocycles. The van der Waals surface area contributed by atoms with Gasteiger partial charge in [-0.1, -0.05) is 36.8 Å². The minimum Gasteiger partial charge on any atom is -0.496 e. The van der Waals surface area contributed by atoms with Gasteiger partial charge in [0.1, 0.15) is 11.6 Å². The van der Waals surface area contributed by atoms with Crippen molar-refractivity contribution in [2.24, 2.45) is 11.8 Å². The first kappa shape index (κ1) is 28.2. The molecule has 9 heteroatoms. The van der Waals surface area contributed by atoms with Crippen molar-refractivity contribution in [1.29, 1.82) is 0 Å². The van der Waals surface area contributed by atoms with Gasteiger partial charge in [-0.05, 0) is 84.4 Å². The van der Waals surface area contributed by atoms with Crippen LogP contribution in [0.3, 0.4) is 0 Å². The van der Waals surface area contributed by atoms with Gasteiger partial charge in [0.15, 0.2) is 0 Å². The zero-order chi connectivity index (χ0) is 29.3. The molecule has 2 atom stereocenters. The Morgan fingerprint density at radius 1 is 1.12 bits per heavy atom. The van der Waals surface area contributed by atoms with E-state index in [-0.39, 0.29) is 23.4 Å². The number of fused-ring (bicyclic) bond motifs is 1.